The Balaban J connectivity index is 1.97. The van der Waals surface area contributed by atoms with E-state index in [0.717, 1.165) is 0 Å². The van der Waals surface area contributed by atoms with Gasteiger partial charge in [0.25, 0.3) is 0 Å². The normalized spacial score (nSPS) is 18.9. The van der Waals surface area contributed by atoms with E-state index >= 15 is 0 Å². The summed E-state index contributed by atoms with van der Waals surface area (Å²) in [6.45, 7) is 0.380. The summed E-state index contributed by atoms with van der Waals surface area (Å²) in [5.74, 6) is 0.0136. The van der Waals surface area contributed by atoms with Crippen LogP contribution < -0.4 is 5.32 Å². The van der Waals surface area contributed by atoms with Crippen LogP contribution in [0.2, 0.25) is 0 Å². The summed E-state index contributed by atoms with van der Waals surface area (Å²) in [4.78, 5) is 0. The van der Waals surface area contributed by atoms with Crippen LogP contribution in [-0.2, 0) is 16.4 Å². The molecule has 1 saturated heterocycles. The molecule has 6 heteroatoms. The molecule has 1 heterocycles. The molecular weight excluding hydrogens is 267 g/mol. The first-order chi connectivity index (χ1) is 9.00. The van der Waals surface area contributed by atoms with Crippen LogP contribution in [0.15, 0.2) is 18.2 Å². The van der Waals surface area contributed by atoms with Crippen molar-refractivity contribution in [3.63, 3.8) is 0 Å². The lowest BCUT2D eigenvalue weighted by atomic mass is 10.1. The van der Waals surface area contributed by atoms with Gasteiger partial charge in [-0.1, -0.05) is 0 Å². The Labute approximate surface area is 112 Å². The molecule has 0 bridgehead atoms. The van der Waals surface area contributed by atoms with Gasteiger partial charge in [0.05, 0.1) is 23.1 Å². The highest BCUT2D eigenvalue weighted by Crippen LogP contribution is 2.15. The average Bonchev–Trinajstić information content (AvgIpc) is 2.38. The molecule has 0 spiro atoms. The van der Waals surface area contributed by atoms with Crippen molar-refractivity contribution in [3.05, 3.63) is 35.1 Å². The molecule has 2 rings (SSSR count). The molecule has 0 aromatic heterocycles. The van der Waals surface area contributed by atoms with Gasteiger partial charge in [0.2, 0.25) is 0 Å². The van der Waals surface area contributed by atoms with Gasteiger partial charge in [0.15, 0.2) is 0 Å². The van der Waals surface area contributed by atoms with Gasteiger partial charge in [-0.3, -0.25) is 0 Å². The van der Waals surface area contributed by atoms with Crippen LogP contribution in [0.1, 0.15) is 24.0 Å². The number of nitriles is 1. The second-order valence-electron chi connectivity index (χ2n) is 4.72. The zero-order valence-corrected chi connectivity index (χ0v) is 11.2. The number of benzene rings is 1. The number of nitrogens with zero attached hydrogens (tertiary/aromatic N) is 1. The van der Waals surface area contributed by atoms with Crippen LogP contribution >= 0.6 is 0 Å². The highest BCUT2D eigenvalue weighted by molar-refractivity contribution is 7.91. The van der Waals surface area contributed by atoms with Crippen LogP contribution in [-0.4, -0.2) is 26.0 Å². The summed E-state index contributed by atoms with van der Waals surface area (Å²) in [7, 11) is -2.87. The summed E-state index contributed by atoms with van der Waals surface area (Å²) >= 11 is 0. The molecule has 4 nitrogen and oxygen atoms in total. The summed E-state index contributed by atoms with van der Waals surface area (Å²) in [5, 5.41) is 12.1. The molecule has 102 valence electrons. The zero-order valence-electron chi connectivity index (χ0n) is 10.4. The van der Waals surface area contributed by atoms with Gasteiger partial charge in [-0.15, -0.1) is 0 Å². The smallest absolute Gasteiger partial charge is 0.150 e. The van der Waals surface area contributed by atoms with E-state index in [1.165, 1.54) is 18.2 Å². The predicted molar refractivity (Wildman–Crippen MR) is 69.6 cm³/mol. The molecule has 1 aromatic rings. The molecule has 0 radical (unpaired) electrons. The lowest BCUT2D eigenvalue weighted by molar-refractivity contribution is 0.462. The molecule has 19 heavy (non-hydrogen) atoms. The first kappa shape index (κ1) is 14.0. The molecule has 1 fully saturated rings. The highest BCUT2D eigenvalue weighted by atomic mass is 32.2. The molecule has 1 N–H and O–H groups in total. The van der Waals surface area contributed by atoms with E-state index in [2.05, 4.69) is 5.32 Å². The van der Waals surface area contributed by atoms with E-state index < -0.39 is 9.84 Å². The maximum absolute atomic E-state index is 13.1. The Morgan fingerprint density at radius 1 is 1.37 bits per heavy atom. The molecule has 0 unspecified atom stereocenters. The molecule has 0 saturated carbocycles. The third-order valence-corrected chi connectivity index (χ3v) is 5.04. The monoisotopic (exact) mass is 282 g/mol. The standard InChI is InChI=1S/C13H15FN2O2S/c14-12-2-1-10(8-15)11(7-12)9-16-13-3-5-19(17,18)6-4-13/h1-2,7,13,16H,3-6,9H2. The highest BCUT2D eigenvalue weighted by Gasteiger charge is 2.23. The van der Waals surface area contributed by atoms with Crippen molar-refractivity contribution in [3.8, 4) is 6.07 Å². The number of hydrogen-bond donors (Lipinski definition) is 1. The predicted octanol–water partition coefficient (Wildman–Crippen LogP) is 1.36. The van der Waals surface area contributed by atoms with Crippen molar-refractivity contribution < 1.29 is 12.8 Å². The molecular formula is C13H15FN2O2S. The molecule has 0 aliphatic carbocycles. The fraction of sp³-hybridized carbons (Fsp3) is 0.462. The zero-order chi connectivity index (χ0) is 13.9. The molecule has 0 amide bonds. The van der Waals surface area contributed by atoms with Crippen LogP contribution in [0.4, 0.5) is 4.39 Å². The van der Waals surface area contributed by atoms with Crippen molar-refractivity contribution in [1.29, 1.82) is 5.26 Å². The van der Waals surface area contributed by atoms with E-state index in [4.69, 9.17) is 5.26 Å². The molecule has 1 aliphatic rings. The van der Waals surface area contributed by atoms with Crippen LogP contribution in [0.5, 0.6) is 0 Å². The van der Waals surface area contributed by atoms with Gasteiger partial charge in [0.1, 0.15) is 15.7 Å². The Hall–Kier alpha value is -1.45. The van der Waals surface area contributed by atoms with Gasteiger partial charge < -0.3 is 5.32 Å². The van der Waals surface area contributed by atoms with Crippen LogP contribution in [0.3, 0.4) is 0 Å². The third kappa shape index (κ3) is 3.75. The number of hydrogen-bond acceptors (Lipinski definition) is 4. The van der Waals surface area contributed by atoms with Crippen molar-refractivity contribution >= 4 is 9.84 Å². The third-order valence-electron chi connectivity index (χ3n) is 3.32. The molecule has 0 atom stereocenters. The van der Waals surface area contributed by atoms with E-state index in [1.54, 1.807) is 0 Å². The Bertz CT molecular complexity index is 594. The Morgan fingerprint density at radius 2 is 2.05 bits per heavy atom. The Kier molecular flexibility index (Phi) is 4.17. The van der Waals surface area contributed by atoms with Gasteiger partial charge >= 0.3 is 0 Å². The quantitative estimate of drug-likeness (QED) is 0.909. The number of rotatable bonds is 3. The maximum Gasteiger partial charge on any atom is 0.150 e. The largest absolute Gasteiger partial charge is 0.310 e. The van der Waals surface area contributed by atoms with Crippen LogP contribution in [0, 0.1) is 17.1 Å². The first-order valence-corrected chi connectivity index (χ1v) is 7.94. The Morgan fingerprint density at radius 3 is 2.68 bits per heavy atom. The summed E-state index contributed by atoms with van der Waals surface area (Å²) < 4.78 is 35.7. The topological polar surface area (TPSA) is 70.0 Å². The van der Waals surface area contributed by atoms with Crippen molar-refractivity contribution in [2.24, 2.45) is 0 Å². The van der Waals surface area contributed by atoms with Gasteiger partial charge in [-0.05, 0) is 36.6 Å². The maximum atomic E-state index is 13.1. The van der Waals surface area contributed by atoms with E-state index in [0.29, 0.717) is 30.5 Å². The van der Waals surface area contributed by atoms with Crippen molar-refractivity contribution in [2.45, 2.75) is 25.4 Å². The fourth-order valence-corrected chi connectivity index (χ4v) is 3.66. The minimum atomic E-state index is -2.87. The van der Waals surface area contributed by atoms with Crippen LogP contribution in [0.25, 0.3) is 0 Å². The summed E-state index contributed by atoms with van der Waals surface area (Å²) in [6.07, 6.45) is 1.14. The van der Waals surface area contributed by atoms with Crippen molar-refractivity contribution in [2.75, 3.05) is 11.5 Å². The summed E-state index contributed by atoms with van der Waals surface area (Å²) in [5.41, 5.74) is 1.05. The van der Waals surface area contributed by atoms with Gasteiger partial charge in [-0.2, -0.15) is 5.26 Å². The summed E-state index contributed by atoms with van der Waals surface area (Å²) in [6, 6.07) is 6.18. The van der Waals surface area contributed by atoms with E-state index in [9.17, 15) is 12.8 Å². The molecule has 1 aliphatic heterocycles. The molecule has 1 aromatic carbocycles. The second-order valence-corrected chi connectivity index (χ2v) is 7.02. The second kappa shape index (κ2) is 5.68. The SMILES string of the molecule is N#Cc1ccc(F)cc1CNC1CCS(=O)(=O)CC1. The van der Waals surface area contributed by atoms with E-state index in [-0.39, 0.29) is 23.4 Å². The van der Waals surface area contributed by atoms with E-state index in [1.807, 2.05) is 6.07 Å². The minimum absolute atomic E-state index is 0.110. The lowest BCUT2D eigenvalue weighted by Gasteiger charge is -2.23. The van der Waals surface area contributed by atoms with Gasteiger partial charge in [-0.25, -0.2) is 12.8 Å². The number of sulfone groups is 1. The minimum Gasteiger partial charge on any atom is -0.310 e. The first-order valence-electron chi connectivity index (χ1n) is 6.12. The number of halogens is 1. The lowest BCUT2D eigenvalue weighted by Crippen LogP contribution is -2.37. The van der Waals surface area contributed by atoms with Gasteiger partial charge in [0, 0.05) is 12.6 Å². The number of nitrogens with one attached hydrogen (secondary N) is 1. The fourth-order valence-electron chi connectivity index (χ4n) is 2.17. The average molecular weight is 282 g/mol. The van der Waals surface area contributed by atoms with Crippen molar-refractivity contribution in [1.82, 2.24) is 5.32 Å².